The fourth-order valence-electron chi connectivity index (χ4n) is 1.61. The van der Waals surface area contributed by atoms with E-state index in [9.17, 15) is 14.9 Å². The molecule has 0 spiro atoms. The Morgan fingerprint density at radius 3 is 2.53 bits per heavy atom. The van der Waals surface area contributed by atoms with Crippen molar-refractivity contribution < 1.29 is 14.8 Å². The minimum absolute atomic E-state index is 0.218. The second-order valence-electron chi connectivity index (χ2n) is 4.90. The second-order valence-corrected chi connectivity index (χ2v) is 5.75. The van der Waals surface area contributed by atoms with E-state index in [4.69, 9.17) is 5.11 Å². The van der Waals surface area contributed by atoms with Crippen LogP contribution in [0, 0.1) is 10.1 Å². The lowest BCUT2D eigenvalue weighted by Crippen LogP contribution is -2.45. The summed E-state index contributed by atoms with van der Waals surface area (Å²) in [5.41, 5.74) is -0.604. The molecule has 0 saturated carbocycles. The van der Waals surface area contributed by atoms with Gasteiger partial charge in [0.05, 0.1) is 9.40 Å². The number of aromatic nitrogens is 1. The van der Waals surface area contributed by atoms with Crippen molar-refractivity contribution in [1.82, 2.24) is 4.98 Å². The van der Waals surface area contributed by atoms with Crippen molar-refractivity contribution in [3.05, 3.63) is 27.0 Å². The topological polar surface area (TPSA) is 96.6 Å². The van der Waals surface area contributed by atoms with E-state index in [1.165, 1.54) is 11.1 Å². The molecule has 0 atom stereocenters. The van der Waals surface area contributed by atoms with Crippen molar-refractivity contribution in [1.29, 1.82) is 0 Å². The third-order valence-corrected chi connectivity index (χ3v) is 3.00. The predicted molar refractivity (Wildman–Crippen MR) is 73.3 cm³/mol. The monoisotopic (exact) mass is 331 g/mol. The molecule has 0 bridgehead atoms. The van der Waals surface area contributed by atoms with Crippen molar-refractivity contribution in [2.24, 2.45) is 0 Å². The van der Waals surface area contributed by atoms with E-state index < -0.39 is 16.4 Å². The fourth-order valence-corrected chi connectivity index (χ4v) is 2.14. The Hall–Kier alpha value is -1.70. The number of rotatable bonds is 4. The molecular formula is C11H14BrN3O4. The van der Waals surface area contributed by atoms with E-state index in [2.05, 4.69) is 20.9 Å². The van der Waals surface area contributed by atoms with Crippen LogP contribution in [0.15, 0.2) is 16.9 Å². The number of hydrogen-bond donors (Lipinski definition) is 1. The molecule has 0 aliphatic rings. The van der Waals surface area contributed by atoms with Crippen LogP contribution in [-0.2, 0) is 4.79 Å². The molecule has 0 saturated heterocycles. The first-order valence-corrected chi connectivity index (χ1v) is 6.21. The van der Waals surface area contributed by atoms with Gasteiger partial charge in [-0.3, -0.25) is 19.9 Å². The van der Waals surface area contributed by atoms with Crippen LogP contribution in [0.25, 0.3) is 0 Å². The molecule has 0 unspecified atom stereocenters. The smallest absolute Gasteiger partial charge is 0.323 e. The average molecular weight is 332 g/mol. The van der Waals surface area contributed by atoms with Crippen LogP contribution in [-0.4, -0.2) is 33.1 Å². The molecule has 104 valence electrons. The van der Waals surface area contributed by atoms with Crippen LogP contribution >= 0.6 is 15.9 Å². The van der Waals surface area contributed by atoms with Gasteiger partial charge in [-0.05, 0) is 36.7 Å². The van der Waals surface area contributed by atoms with Gasteiger partial charge < -0.3 is 10.0 Å². The molecule has 0 radical (unpaired) electrons. The number of hydrogen-bond acceptors (Lipinski definition) is 5. The highest BCUT2D eigenvalue weighted by Gasteiger charge is 2.31. The molecule has 8 heteroatoms. The fraction of sp³-hybridized carbons (Fsp3) is 0.455. The summed E-state index contributed by atoms with van der Waals surface area (Å²) >= 11 is 3.20. The quantitative estimate of drug-likeness (QED) is 0.672. The zero-order valence-corrected chi connectivity index (χ0v) is 12.3. The summed E-state index contributed by atoms with van der Waals surface area (Å²) in [5, 5.41) is 20.0. The van der Waals surface area contributed by atoms with Crippen LogP contribution in [0.4, 0.5) is 11.4 Å². The van der Waals surface area contributed by atoms with Crippen molar-refractivity contribution in [3.8, 4) is 0 Å². The van der Waals surface area contributed by atoms with Gasteiger partial charge in [0.1, 0.15) is 18.4 Å². The lowest BCUT2D eigenvalue weighted by molar-refractivity contribution is -0.384. The Labute approximate surface area is 118 Å². The average Bonchev–Trinajstić information content (AvgIpc) is 2.24. The third-order valence-electron chi connectivity index (χ3n) is 2.42. The molecule has 0 amide bonds. The molecule has 0 aliphatic heterocycles. The Kier molecular flexibility index (Phi) is 4.46. The lowest BCUT2D eigenvalue weighted by atomic mass is 10.0. The zero-order valence-electron chi connectivity index (χ0n) is 10.8. The molecule has 1 rings (SSSR count). The molecule has 0 fully saturated rings. The SMILES string of the molecule is CC(C)(C)N(CC(=O)O)c1c(Br)cncc1[N+](=O)[O-]. The van der Waals surface area contributed by atoms with E-state index in [1.807, 2.05) is 0 Å². The lowest BCUT2D eigenvalue weighted by Gasteiger charge is -2.36. The molecular weight excluding hydrogens is 318 g/mol. The van der Waals surface area contributed by atoms with Crippen LogP contribution in [0.5, 0.6) is 0 Å². The molecule has 1 N–H and O–H groups in total. The van der Waals surface area contributed by atoms with Gasteiger partial charge in [-0.2, -0.15) is 0 Å². The van der Waals surface area contributed by atoms with Gasteiger partial charge in [-0.1, -0.05) is 0 Å². The van der Waals surface area contributed by atoms with Gasteiger partial charge in [0.15, 0.2) is 0 Å². The Morgan fingerprint density at radius 1 is 1.53 bits per heavy atom. The summed E-state index contributed by atoms with van der Waals surface area (Å²) in [4.78, 5) is 26.7. The normalized spacial score (nSPS) is 11.2. The Balaban J connectivity index is 3.45. The van der Waals surface area contributed by atoms with E-state index in [0.717, 1.165) is 6.20 Å². The van der Waals surface area contributed by atoms with Crippen LogP contribution in [0.3, 0.4) is 0 Å². The number of aliphatic carboxylic acids is 1. The predicted octanol–water partition coefficient (Wildman–Crippen LogP) is 2.44. The van der Waals surface area contributed by atoms with E-state index in [1.54, 1.807) is 20.8 Å². The highest BCUT2D eigenvalue weighted by atomic mass is 79.9. The molecule has 1 aromatic rings. The zero-order chi connectivity index (χ0) is 14.8. The van der Waals surface area contributed by atoms with Crippen LogP contribution in [0.2, 0.25) is 0 Å². The first-order chi connectivity index (χ1) is 8.64. The van der Waals surface area contributed by atoms with Gasteiger partial charge in [-0.15, -0.1) is 0 Å². The maximum atomic E-state index is 11.1. The summed E-state index contributed by atoms with van der Waals surface area (Å²) in [6.45, 7) is 5.01. The summed E-state index contributed by atoms with van der Waals surface area (Å²) in [6.07, 6.45) is 2.52. The van der Waals surface area contributed by atoms with Crippen LogP contribution in [0.1, 0.15) is 20.8 Å². The van der Waals surface area contributed by atoms with E-state index in [0.29, 0.717) is 4.47 Å². The number of nitrogens with zero attached hydrogens (tertiary/aromatic N) is 3. The highest BCUT2D eigenvalue weighted by Crippen LogP contribution is 2.38. The third kappa shape index (κ3) is 3.63. The van der Waals surface area contributed by atoms with Crippen molar-refractivity contribution in [2.75, 3.05) is 11.4 Å². The maximum Gasteiger partial charge on any atom is 0.323 e. The van der Waals surface area contributed by atoms with Gasteiger partial charge in [0, 0.05) is 11.7 Å². The standard InChI is InChI=1S/C11H14BrN3O4/c1-11(2,3)14(6-9(16)17)10-7(12)4-13-5-8(10)15(18)19/h4-5H,6H2,1-3H3,(H,16,17). The maximum absolute atomic E-state index is 11.1. The largest absolute Gasteiger partial charge is 0.480 e. The number of halogens is 1. The highest BCUT2D eigenvalue weighted by molar-refractivity contribution is 9.10. The summed E-state index contributed by atoms with van der Waals surface area (Å²) < 4.78 is 0.387. The van der Waals surface area contributed by atoms with Crippen molar-refractivity contribution in [2.45, 2.75) is 26.3 Å². The first-order valence-electron chi connectivity index (χ1n) is 5.42. The number of carbonyl (C=O) groups is 1. The molecule has 1 aromatic heterocycles. The molecule has 1 heterocycles. The summed E-state index contributed by atoms with van der Waals surface area (Å²) in [7, 11) is 0. The van der Waals surface area contributed by atoms with E-state index >= 15 is 0 Å². The molecule has 0 aromatic carbocycles. The van der Waals surface area contributed by atoms with Gasteiger partial charge in [0.25, 0.3) is 0 Å². The minimum atomic E-state index is -1.06. The number of nitro groups is 1. The minimum Gasteiger partial charge on any atom is -0.480 e. The molecule has 0 aliphatic carbocycles. The number of carboxylic acid groups (broad SMARTS) is 1. The number of anilines is 1. The second kappa shape index (κ2) is 5.52. The molecule has 7 nitrogen and oxygen atoms in total. The van der Waals surface area contributed by atoms with Gasteiger partial charge in [-0.25, -0.2) is 0 Å². The van der Waals surface area contributed by atoms with Crippen molar-refractivity contribution >= 4 is 33.3 Å². The van der Waals surface area contributed by atoms with Crippen LogP contribution < -0.4 is 4.90 Å². The van der Waals surface area contributed by atoms with Crippen molar-refractivity contribution in [3.63, 3.8) is 0 Å². The first kappa shape index (κ1) is 15.4. The number of carboxylic acids is 1. The Bertz CT molecular complexity index is 513. The Morgan fingerprint density at radius 2 is 2.11 bits per heavy atom. The summed E-state index contributed by atoms with van der Waals surface area (Å²) in [5.74, 6) is -1.06. The van der Waals surface area contributed by atoms with Gasteiger partial charge in [0.2, 0.25) is 0 Å². The summed E-state index contributed by atoms with van der Waals surface area (Å²) in [6, 6.07) is 0. The van der Waals surface area contributed by atoms with E-state index in [-0.39, 0.29) is 17.9 Å². The van der Waals surface area contributed by atoms with Gasteiger partial charge >= 0.3 is 11.7 Å². The number of pyridine rings is 1. The molecule has 19 heavy (non-hydrogen) atoms.